The van der Waals surface area contributed by atoms with Gasteiger partial charge in [-0.25, -0.2) is 0 Å². The summed E-state index contributed by atoms with van der Waals surface area (Å²) in [6, 6.07) is 8.61. The van der Waals surface area contributed by atoms with Crippen LogP contribution in [0.2, 0.25) is 0 Å². The fraction of sp³-hybridized carbons (Fsp3) is 0.731. The first-order valence-corrected chi connectivity index (χ1v) is 11.1. The Morgan fingerprint density at radius 3 is 1.70 bits per heavy atom. The monoisotopic (exact) mass is 378 g/mol. The number of hydrogen-bond acceptors (Lipinski definition) is 1. The summed E-state index contributed by atoms with van der Waals surface area (Å²) in [7, 11) is 0. The van der Waals surface area contributed by atoms with E-state index in [1.807, 2.05) is 48.5 Å². The van der Waals surface area contributed by atoms with E-state index in [0.29, 0.717) is 5.78 Å². The number of ketones is 1. The summed E-state index contributed by atoms with van der Waals surface area (Å²) < 4.78 is 0. The van der Waals surface area contributed by atoms with Crippen LogP contribution in [0.25, 0.3) is 0 Å². The SMILES string of the molecule is CC.CCC(C)C(=O)C(C)(C)C.CCCC(C)C.CCc1cccc(C)c1. The van der Waals surface area contributed by atoms with Crippen LogP contribution in [-0.2, 0) is 11.2 Å². The Labute approximate surface area is 172 Å². The van der Waals surface area contributed by atoms with Crippen LogP contribution in [-0.4, -0.2) is 5.78 Å². The first-order chi connectivity index (χ1) is 12.5. The molecule has 1 aromatic carbocycles. The lowest BCUT2D eigenvalue weighted by Gasteiger charge is -2.20. The van der Waals surface area contributed by atoms with Crippen LogP contribution >= 0.6 is 0 Å². The number of carbonyl (C=O) groups excluding carboxylic acids is 1. The van der Waals surface area contributed by atoms with Crippen molar-refractivity contribution in [3.63, 3.8) is 0 Å². The molecule has 1 aromatic rings. The van der Waals surface area contributed by atoms with Gasteiger partial charge in [0, 0.05) is 11.3 Å². The van der Waals surface area contributed by atoms with Crippen molar-refractivity contribution in [2.75, 3.05) is 0 Å². The molecule has 1 nitrogen and oxygen atoms in total. The second-order valence-electron chi connectivity index (χ2n) is 8.45. The minimum Gasteiger partial charge on any atom is -0.299 e. The molecule has 27 heavy (non-hydrogen) atoms. The molecule has 0 N–H and O–H groups in total. The molecule has 0 heterocycles. The van der Waals surface area contributed by atoms with Gasteiger partial charge in [0.1, 0.15) is 5.78 Å². The van der Waals surface area contributed by atoms with Crippen LogP contribution in [0.15, 0.2) is 24.3 Å². The molecule has 0 fully saturated rings. The van der Waals surface area contributed by atoms with Crippen LogP contribution in [0.1, 0.15) is 107 Å². The molecule has 0 spiro atoms. The molecule has 0 amide bonds. The van der Waals surface area contributed by atoms with E-state index < -0.39 is 0 Å². The normalized spacial score (nSPS) is 11.1. The molecule has 0 aliphatic heterocycles. The predicted octanol–water partition coefficient (Wildman–Crippen LogP) is 8.67. The van der Waals surface area contributed by atoms with E-state index in [0.717, 1.165) is 18.8 Å². The molecule has 0 bridgehead atoms. The third-order valence-electron chi connectivity index (χ3n) is 4.16. The minimum atomic E-state index is -0.157. The molecule has 0 aliphatic rings. The lowest BCUT2D eigenvalue weighted by molar-refractivity contribution is -0.129. The zero-order valence-corrected chi connectivity index (χ0v) is 20.7. The van der Waals surface area contributed by atoms with Crippen LogP contribution in [0, 0.1) is 24.2 Å². The second kappa shape index (κ2) is 18.3. The smallest absolute Gasteiger partial charge is 0.140 e. The third kappa shape index (κ3) is 19.5. The molecular formula is C26H50O. The van der Waals surface area contributed by atoms with Crippen molar-refractivity contribution < 1.29 is 4.79 Å². The van der Waals surface area contributed by atoms with Crippen LogP contribution in [0.5, 0.6) is 0 Å². The first kappa shape index (κ1) is 30.6. The Kier molecular flexibility index (Phi) is 20.7. The van der Waals surface area contributed by atoms with Crippen molar-refractivity contribution >= 4 is 5.78 Å². The lowest BCUT2D eigenvalue weighted by Crippen LogP contribution is -2.26. The Morgan fingerprint density at radius 1 is 1.00 bits per heavy atom. The van der Waals surface area contributed by atoms with Gasteiger partial charge in [-0.2, -0.15) is 0 Å². The minimum absolute atomic E-state index is 0.157. The molecule has 0 aliphatic carbocycles. The Morgan fingerprint density at radius 2 is 1.52 bits per heavy atom. The van der Waals surface area contributed by atoms with Gasteiger partial charge in [0.25, 0.3) is 0 Å². The highest BCUT2D eigenvalue weighted by Gasteiger charge is 2.24. The molecule has 0 saturated heterocycles. The fourth-order valence-electron chi connectivity index (χ4n) is 2.43. The van der Waals surface area contributed by atoms with Gasteiger partial charge in [-0.05, 0) is 31.2 Å². The zero-order valence-electron chi connectivity index (χ0n) is 20.7. The molecule has 1 heteroatoms. The average molecular weight is 379 g/mol. The summed E-state index contributed by atoms with van der Waals surface area (Å²) in [4.78, 5) is 11.4. The topological polar surface area (TPSA) is 17.1 Å². The lowest BCUT2D eigenvalue weighted by atomic mass is 9.83. The van der Waals surface area contributed by atoms with Gasteiger partial charge in [0.15, 0.2) is 0 Å². The third-order valence-corrected chi connectivity index (χ3v) is 4.16. The largest absolute Gasteiger partial charge is 0.299 e. The van der Waals surface area contributed by atoms with Crippen LogP contribution in [0.4, 0.5) is 0 Å². The van der Waals surface area contributed by atoms with E-state index in [-0.39, 0.29) is 11.3 Å². The van der Waals surface area contributed by atoms with Gasteiger partial charge in [-0.15, -0.1) is 0 Å². The van der Waals surface area contributed by atoms with Crippen molar-refractivity contribution in [1.29, 1.82) is 0 Å². The number of rotatable bonds is 5. The van der Waals surface area contributed by atoms with E-state index in [1.54, 1.807) is 0 Å². The summed E-state index contributed by atoms with van der Waals surface area (Å²) in [6.45, 7) is 25.0. The maximum Gasteiger partial charge on any atom is 0.140 e. The van der Waals surface area contributed by atoms with Crippen molar-refractivity contribution in [1.82, 2.24) is 0 Å². The number of Topliss-reactive ketones (excluding diaryl/α,β-unsaturated/α-hetero) is 1. The van der Waals surface area contributed by atoms with Crippen molar-refractivity contribution in [2.45, 2.75) is 109 Å². The van der Waals surface area contributed by atoms with Gasteiger partial charge in [0.2, 0.25) is 0 Å². The molecule has 0 aromatic heterocycles. The van der Waals surface area contributed by atoms with Crippen molar-refractivity contribution in [3.8, 4) is 0 Å². The quantitative estimate of drug-likeness (QED) is 0.501. The summed E-state index contributed by atoms with van der Waals surface area (Å²) in [5.74, 6) is 1.49. The average Bonchev–Trinajstić information content (AvgIpc) is 2.62. The van der Waals surface area contributed by atoms with Crippen molar-refractivity contribution in [2.24, 2.45) is 17.3 Å². The summed E-state index contributed by atoms with van der Waals surface area (Å²) in [6.07, 6.45) is 4.80. The number of benzene rings is 1. The number of aryl methyl sites for hydroxylation is 2. The summed E-state index contributed by atoms with van der Waals surface area (Å²) >= 11 is 0. The molecule has 0 radical (unpaired) electrons. The Bertz CT molecular complexity index is 452. The summed E-state index contributed by atoms with van der Waals surface area (Å²) in [5.41, 5.74) is 2.62. The van der Waals surface area contributed by atoms with Crippen molar-refractivity contribution in [3.05, 3.63) is 35.4 Å². The van der Waals surface area contributed by atoms with Gasteiger partial charge in [-0.1, -0.05) is 119 Å². The molecule has 1 rings (SSSR count). The van der Waals surface area contributed by atoms with E-state index in [1.165, 1.54) is 24.0 Å². The molecule has 1 unspecified atom stereocenters. The standard InChI is InChI=1S/C9H18O.C9H12.C6H14.C2H6/c1-6-7(2)8(10)9(3,4)5;1-3-9-6-4-5-8(2)7-9;1-4-5-6(2)3;1-2/h7H,6H2,1-5H3;4-7H,3H2,1-2H3;6H,4-5H2,1-3H3;1-2H3. The van der Waals surface area contributed by atoms with E-state index in [9.17, 15) is 4.79 Å². The number of hydrogen-bond donors (Lipinski definition) is 0. The Hall–Kier alpha value is -1.11. The van der Waals surface area contributed by atoms with Crippen LogP contribution < -0.4 is 0 Å². The van der Waals surface area contributed by atoms with E-state index >= 15 is 0 Å². The molecule has 160 valence electrons. The highest BCUT2D eigenvalue weighted by atomic mass is 16.1. The van der Waals surface area contributed by atoms with E-state index in [4.69, 9.17) is 0 Å². The van der Waals surface area contributed by atoms with Gasteiger partial charge >= 0.3 is 0 Å². The zero-order chi connectivity index (χ0) is 22.0. The first-order valence-electron chi connectivity index (χ1n) is 11.1. The maximum atomic E-state index is 11.4. The molecule has 0 saturated carbocycles. The van der Waals surface area contributed by atoms with Gasteiger partial charge < -0.3 is 0 Å². The van der Waals surface area contributed by atoms with Gasteiger partial charge in [-0.3, -0.25) is 4.79 Å². The second-order valence-corrected chi connectivity index (χ2v) is 8.45. The Balaban J connectivity index is -0.000000314. The predicted molar refractivity (Wildman–Crippen MR) is 126 cm³/mol. The fourth-order valence-corrected chi connectivity index (χ4v) is 2.43. The van der Waals surface area contributed by atoms with E-state index in [2.05, 4.69) is 58.9 Å². The van der Waals surface area contributed by atoms with Crippen LogP contribution in [0.3, 0.4) is 0 Å². The highest BCUT2D eigenvalue weighted by molar-refractivity contribution is 5.85. The summed E-state index contributed by atoms with van der Waals surface area (Å²) in [5, 5.41) is 0. The maximum absolute atomic E-state index is 11.4. The molecular weight excluding hydrogens is 328 g/mol. The number of carbonyl (C=O) groups is 1. The molecule has 1 atom stereocenters. The highest BCUT2D eigenvalue weighted by Crippen LogP contribution is 2.21. The van der Waals surface area contributed by atoms with Gasteiger partial charge in [0.05, 0.1) is 0 Å².